The van der Waals surface area contributed by atoms with Crippen LogP contribution in [0.2, 0.25) is 0 Å². The fourth-order valence-electron chi connectivity index (χ4n) is 3.11. The molecule has 2 heterocycles. The molecule has 0 bridgehead atoms. The fourth-order valence-corrected chi connectivity index (χ4v) is 4.35. The van der Waals surface area contributed by atoms with Crippen LogP contribution in [-0.4, -0.2) is 30.7 Å². The number of aromatic nitrogens is 2. The number of sulfonamides is 1. The van der Waals surface area contributed by atoms with E-state index in [1.165, 1.54) is 23.5 Å². The van der Waals surface area contributed by atoms with E-state index in [-0.39, 0.29) is 10.8 Å². The van der Waals surface area contributed by atoms with Gasteiger partial charge in [0.1, 0.15) is 5.69 Å². The third kappa shape index (κ3) is 4.91. The molecular weight excluding hydrogens is 432 g/mol. The van der Waals surface area contributed by atoms with E-state index in [1.807, 2.05) is 47.8 Å². The van der Waals surface area contributed by atoms with Crippen molar-refractivity contribution in [3.8, 4) is 16.3 Å². The number of thiophene rings is 1. The number of primary sulfonamides is 1. The maximum Gasteiger partial charge on any atom is 0.255 e. The van der Waals surface area contributed by atoms with Gasteiger partial charge in [-0.3, -0.25) is 4.79 Å². The second-order valence-corrected chi connectivity index (χ2v) is 9.35. The minimum absolute atomic E-state index is 0.0641. The number of hydrogen-bond donors (Lipinski definition) is 2. The van der Waals surface area contributed by atoms with Crippen LogP contribution in [-0.2, 0) is 16.4 Å². The molecule has 7 nitrogen and oxygen atoms in total. The molecule has 0 atom stereocenters. The average molecular weight is 453 g/mol. The second kappa shape index (κ2) is 8.84. The third-order valence-electron chi connectivity index (χ3n) is 4.69. The van der Waals surface area contributed by atoms with Crippen LogP contribution in [0.1, 0.15) is 15.9 Å². The van der Waals surface area contributed by atoms with Gasteiger partial charge in [-0.2, -0.15) is 5.10 Å². The van der Waals surface area contributed by atoms with Gasteiger partial charge in [0, 0.05) is 12.7 Å². The SMILES string of the molecule is NS(=O)(=O)c1ccc(CCNC(=O)c2cn(-c3ccccc3)nc2-c2cccs2)cc1. The van der Waals surface area contributed by atoms with Crippen LogP contribution in [0.25, 0.3) is 16.3 Å². The zero-order chi connectivity index (χ0) is 21.8. The molecule has 0 saturated heterocycles. The van der Waals surface area contributed by atoms with E-state index in [0.29, 0.717) is 24.2 Å². The van der Waals surface area contributed by atoms with Crippen molar-refractivity contribution in [3.63, 3.8) is 0 Å². The monoisotopic (exact) mass is 452 g/mol. The predicted octanol–water partition coefficient (Wildman–Crippen LogP) is 3.22. The van der Waals surface area contributed by atoms with E-state index in [1.54, 1.807) is 23.0 Å². The molecule has 0 unspecified atom stereocenters. The summed E-state index contributed by atoms with van der Waals surface area (Å²) in [4.78, 5) is 13.9. The summed E-state index contributed by atoms with van der Waals surface area (Å²) in [6.07, 6.45) is 2.29. The third-order valence-corrected chi connectivity index (χ3v) is 6.49. The lowest BCUT2D eigenvalue weighted by molar-refractivity contribution is 0.0955. The Labute approximate surface area is 184 Å². The molecule has 31 heavy (non-hydrogen) atoms. The number of benzene rings is 2. The fraction of sp³-hybridized carbons (Fsp3) is 0.0909. The Bertz CT molecular complexity index is 1280. The number of carbonyl (C=O) groups is 1. The maximum absolute atomic E-state index is 12.9. The number of nitrogens with zero attached hydrogens (tertiary/aromatic N) is 2. The maximum atomic E-state index is 12.9. The van der Waals surface area contributed by atoms with Crippen molar-refractivity contribution in [1.29, 1.82) is 0 Å². The minimum atomic E-state index is -3.71. The van der Waals surface area contributed by atoms with Gasteiger partial charge in [0.15, 0.2) is 0 Å². The van der Waals surface area contributed by atoms with Gasteiger partial charge in [-0.25, -0.2) is 18.2 Å². The van der Waals surface area contributed by atoms with Gasteiger partial charge in [-0.1, -0.05) is 36.4 Å². The molecular formula is C22H20N4O3S2. The molecule has 9 heteroatoms. The van der Waals surface area contributed by atoms with Crippen molar-refractivity contribution in [2.45, 2.75) is 11.3 Å². The molecule has 0 spiro atoms. The van der Waals surface area contributed by atoms with Crippen LogP contribution in [0.5, 0.6) is 0 Å². The van der Waals surface area contributed by atoms with Crippen molar-refractivity contribution in [2.24, 2.45) is 5.14 Å². The van der Waals surface area contributed by atoms with Gasteiger partial charge < -0.3 is 5.32 Å². The number of amides is 1. The standard InChI is InChI=1S/C22H20N4O3S2/c23-31(28,29)18-10-8-16(9-11-18)12-13-24-22(27)19-15-26(17-5-2-1-3-6-17)25-21(19)20-7-4-14-30-20/h1-11,14-15H,12-13H2,(H,24,27)(H2,23,28,29). The number of nitrogens with two attached hydrogens (primary N) is 1. The summed E-state index contributed by atoms with van der Waals surface area (Å²) in [5, 5.41) is 14.6. The van der Waals surface area contributed by atoms with E-state index in [2.05, 4.69) is 10.4 Å². The van der Waals surface area contributed by atoms with Crippen molar-refractivity contribution >= 4 is 27.3 Å². The minimum Gasteiger partial charge on any atom is -0.352 e. The predicted molar refractivity (Wildman–Crippen MR) is 121 cm³/mol. The first-order valence-electron chi connectivity index (χ1n) is 9.51. The molecule has 1 amide bonds. The summed E-state index contributed by atoms with van der Waals surface area (Å²) in [5.41, 5.74) is 2.89. The van der Waals surface area contributed by atoms with Gasteiger partial charge in [-0.05, 0) is 47.7 Å². The van der Waals surface area contributed by atoms with Crippen LogP contribution < -0.4 is 10.5 Å². The van der Waals surface area contributed by atoms with E-state index in [4.69, 9.17) is 5.14 Å². The van der Waals surface area contributed by atoms with Gasteiger partial charge in [0.25, 0.3) is 5.91 Å². The summed E-state index contributed by atoms with van der Waals surface area (Å²) < 4.78 is 24.4. The number of nitrogens with one attached hydrogen (secondary N) is 1. The lowest BCUT2D eigenvalue weighted by atomic mass is 10.1. The Kier molecular flexibility index (Phi) is 5.99. The Morgan fingerprint density at radius 2 is 1.77 bits per heavy atom. The van der Waals surface area contributed by atoms with Crippen LogP contribution in [0.15, 0.2) is 83.2 Å². The van der Waals surface area contributed by atoms with Gasteiger partial charge in [-0.15, -0.1) is 11.3 Å². The first-order chi connectivity index (χ1) is 14.9. The van der Waals surface area contributed by atoms with E-state index >= 15 is 0 Å². The van der Waals surface area contributed by atoms with Crippen molar-refractivity contribution in [3.05, 3.63) is 89.4 Å². The van der Waals surface area contributed by atoms with E-state index < -0.39 is 10.0 Å². The molecule has 0 saturated carbocycles. The molecule has 0 fully saturated rings. The summed E-state index contributed by atoms with van der Waals surface area (Å²) in [7, 11) is -3.71. The summed E-state index contributed by atoms with van der Waals surface area (Å²) in [6.45, 7) is 0.397. The summed E-state index contributed by atoms with van der Waals surface area (Å²) >= 11 is 1.52. The quantitative estimate of drug-likeness (QED) is 0.449. The Balaban J connectivity index is 1.49. The molecule has 4 aromatic rings. The first kappa shape index (κ1) is 21.0. The Morgan fingerprint density at radius 3 is 2.42 bits per heavy atom. The summed E-state index contributed by atoms with van der Waals surface area (Å²) in [6, 6.07) is 19.8. The molecule has 0 aliphatic carbocycles. The van der Waals surface area contributed by atoms with Gasteiger partial charge in [0.05, 0.1) is 21.0 Å². The van der Waals surface area contributed by atoms with Crippen molar-refractivity contribution < 1.29 is 13.2 Å². The molecule has 4 rings (SSSR count). The average Bonchev–Trinajstić information content (AvgIpc) is 3.44. The van der Waals surface area contributed by atoms with Crippen molar-refractivity contribution in [2.75, 3.05) is 6.54 Å². The lowest BCUT2D eigenvalue weighted by Gasteiger charge is -2.06. The van der Waals surface area contributed by atoms with E-state index in [0.717, 1.165) is 16.1 Å². The smallest absolute Gasteiger partial charge is 0.255 e. The summed E-state index contributed by atoms with van der Waals surface area (Å²) in [5.74, 6) is -0.216. The molecule has 2 aromatic heterocycles. The Morgan fingerprint density at radius 1 is 1.03 bits per heavy atom. The largest absolute Gasteiger partial charge is 0.352 e. The highest BCUT2D eigenvalue weighted by atomic mass is 32.2. The van der Waals surface area contributed by atoms with Gasteiger partial charge >= 0.3 is 0 Å². The zero-order valence-electron chi connectivity index (χ0n) is 16.4. The number of rotatable bonds is 7. The van der Waals surface area contributed by atoms with Crippen LogP contribution >= 0.6 is 11.3 Å². The zero-order valence-corrected chi connectivity index (χ0v) is 18.1. The molecule has 3 N–H and O–H groups in total. The van der Waals surface area contributed by atoms with Crippen molar-refractivity contribution in [1.82, 2.24) is 15.1 Å². The number of hydrogen-bond acceptors (Lipinski definition) is 5. The highest BCUT2D eigenvalue weighted by molar-refractivity contribution is 7.89. The number of para-hydroxylation sites is 1. The highest BCUT2D eigenvalue weighted by Gasteiger charge is 2.19. The Hall–Kier alpha value is -3.27. The molecule has 158 valence electrons. The lowest BCUT2D eigenvalue weighted by Crippen LogP contribution is -2.25. The topological polar surface area (TPSA) is 107 Å². The normalized spacial score (nSPS) is 11.4. The second-order valence-electron chi connectivity index (χ2n) is 6.84. The molecule has 0 radical (unpaired) electrons. The van der Waals surface area contributed by atoms with Crippen LogP contribution in [0, 0.1) is 0 Å². The molecule has 2 aromatic carbocycles. The molecule has 0 aliphatic rings. The van der Waals surface area contributed by atoms with Crippen LogP contribution in [0.3, 0.4) is 0 Å². The molecule has 0 aliphatic heterocycles. The highest BCUT2D eigenvalue weighted by Crippen LogP contribution is 2.27. The van der Waals surface area contributed by atoms with E-state index in [9.17, 15) is 13.2 Å². The van der Waals surface area contributed by atoms with Gasteiger partial charge in [0.2, 0.25) is 10.0 Å². The van der Waals surface area contributed by atoms with Crippen LogP contribution in [0.4, 0.5) is 0 Å². The first-order valence-corrected chi connectivity index (χ1v) is 11.9. The number of carbonyl (C=O) groups excluding carboxylic acids is 1.